The van der Waals surface area contributed by atoms with E-state index >= 15 is 0 Å². The monoisotopic (exact) mass is 1100 g/mol. The molecule has 1 aliphatic heterocycles. The van der Waals surface area contributed by atoms with Gasteiger partial charge in [-0.15, -0.1) is 0 Å². The largest absolute Gasteiger partial charge is 0.379 e. The fraction of sp³-hybridized carbons (Fsp3) is 0.0385. The number of nitrogens with zero attached hydrogens (tertiary/aromatic N) is 7. The van der Waals surface area contributed by atoms with Crippen molar-refractivity contribution in [3.8, 4) is 78.9 Å². The van der Waals surface area contributed by atoms with Crippen LogP contribution in [0, 0.1) is 5.92 Å². The van der Waals surface area contributed by atoms with Crippen molar-refractivity contribution in [2.24, 2.45) is 10.9 Å². The zero-order chi connectivity index (χ0) is 57.8. The van der Waals surface area contributed by atoms with Crippen molar-refractivity contribution in [3.63, 3.8) is 0 Å². The van der Waals surface area contributed by atoms with E-state index in [1.54, 1.807) is 6.20 Å². The first-order valence-corrected chi connectivity index (χ1v) is 28.9. The van der Waals surface area contributed by atoms with E-state index in [2.05, 4.69) is 212 Å². The molecule has 0 saturated heterocycles. The Morgan fingerprint density at radius 2 is 1.19 bits per heavy atom. The number of aromatic nitrogens is 6. The topological polar surface area (TPSA) is 102 Å². The summed E-state index contributed by atoms with van der Waals surface area (Å²) in [5.41, 5.74) is 19.1. The second-order valence-corrected chi connectivity index (χ2v) is 21.4. The number of nitrogens with one attached hydrogen (secondary N) is 1. The molecule has 0 amide bonds. The van der Waals surface area contributed by atoms with E-state index in [1.165, 1.54) is 0 Å². The summed E-state index contributed by atoms with van der Waals surface area (Å²) in [5.74, 6) is 0.847. The molecule has 0 saturated carbocycles. The SMILES string of the molecule is C=Cc1ccc(-c2ccc3ccc(-c4cccc(-c5cc(-c6ccccc6)nc(-c6ccccc6)n5)c4)nc3c2)cc1/N=C/C1C=CC(c2ccc(-c3ccc(C=C)c(/C=C/C4C=c5nc(-c6ccccn6)ccc5=CC4)n3)c3ccccc23)=CN1. The molecule has 1 aliphatic carbocycles. The first-order chi connectivity index (χ1) is 42.5. The van der Waals surface area contributed by atoms with E-state index in [0.29, 0.717) is 5.82 Å². The van der Waals surface area contributed by atoms with Gasteiger partial charge in [-0.3, -0.25) is 9.98 Å². The fourth-order valence-corrected chi connectivity index (χ4v) is 11.3. The molecule has 2 unspecified atom stereocenters. The average molecular weight is 1110 g/mol. The van der Waals surface area contributed by atoms with E-state index in [9.17, 15) is 0 Å². The highest BCUT2D eigenvalue weighted by Gasteiger charge is 2.17. The normalized spacial score (nSPS) is 14.5. The highest BCUT2D eigenvalue weighted by atomic mass is 14.9. The molecule has 2 aliphatic rings. The Labute approximate surface area is 499 Å². The molecule has 86 heavy (non-hydrogen) atoms. The maximum absolute atomic E-state index is 5.26. The number of fused-ring (bicyclic) bond motifs is 3. The molecule has 12 aromatic rings. The lowest BCUT2D eigenvalue weighted by molar-refractivity contribution is 0.882. The van der Waals surface area contributed by atoms with Gasteiger partial charge in [-0.1, -0.05) is 219 Å². The third-order valence-electron chi connectivity index (χ3n) is 15.9. The number of hydrogen-bond acceptors (Lipinski definition) is 8. The zero-order valence-corrected chi connectivity index (χ0v) is 47.0. The standard InChI is InChI=1S/C78H56N8/c1-3-52-33-41-70(82-68(52)39-26-51-25-27-55-35-42-72(84-74(55)44-51)71-24-13-14-43-79-71)67-38-37-64(65-22-11-12-23-66(65)67)62-32-36-63(80-49-62)50-81-73-46-58(30-28-53(73)4-2)59-31-29-56-34-40-69(83-75(56)47-59)60-20-15-21-61(45-60)77-48-76(54-16-7-5-8-17-54)85-78(86-77)57-18-9-6-10-19-57/h3-24,26-51,63,80H,1-2,25H2/b39-26+,81-50+. The van der Waals surface area contributed by atoms with Crippen molar-refractivity contribution < 1.29 is 0 Å². The van der Waals surface area contributed by atoms with Gasteiger partial charge in [0.1, 0.15) is 0 Å². The maximum Gasteiger partial charge on any atom is 0.160 e. The van der Waals surface area contributed by atoms with E-state index < -0.39 is 0 Å². The maximum atomic E-state index is 5.26. The molecule has 408 valence electrons. The minimum atomic E-state index is -0.128. The second kappa shape index (κ2) is 23.5. The Bertz CT molecular complexity index is 4810. The van der Waals surface area contributed by atoms with Crippen molar-refractivity contribution in [1.82, 2.24) is 35.2 Å². The molecule has 0 radical (unpaired) electrons. The summed E-state index contributed by atoms with van der Waals surface area (Å²) < 4.78 is 0. The van der Waals surface area contributed by atoms with Gasteiger partial charge >= 0.3 is 0 Å². The molecule has 7 aromatic carbocycles. The molecule has 0 bridgehead atoms. The number of benzene rings is 7. The van der Waals surface area contributed by atoms with Crippen LogP contribution in [0.1, 0.15) is 28.8 Å². The van der Waals surface area contributed by atoms with Crippen molar-refractivity contribution in [3.05, 3.63) is 295 Å². The van der Waals surface area contributed by atoms with E-state index in [-0.39, 0.29) is 12.0 Å². The molecular formula is C78H56N8. The summed E-state index contributed by atoms with van der Waals surface area (Å²) in [7, 11) is 0. The first kappa shape index (κ1) is 52.7. The van der Waals surface area contributed by atoms with Gasteiger partial charge in [-0.05, 0) is 116 Å². The number of rotatable bonds is 14. The summed E-state index contributed by atoms with van der Waals surface area (Å²) in [6.45, 7) is 8.26. The van der Waals surface area contributed by atoms with Crippen LogP contribution in [-0.2, 0) is 0 Å². The summed E-state index contributed by atoms with van der Waals surface area (Å²) in [6.07, 6.45) is 23.6. The molecule has 5 aromatic heterocycles. The number of pyridine rings is 4. The second-order valence-electron chi connectivity index (χ2n) is 21.4. The van der Waals surface area contributed by atoms with Crippen LogP contribution in [-0.4, -0.2) is 42.2 Å². The van der Waals surface area contributed by atoms with Crippen LogP contribution in [0.4, 0.5) is 5.69 Å². The Balaban J connectivity index is 0.684. The van der Waals surface area contributed by atoms with Crippen molar-refractivity contribution in [2.45, 2.75) is 12.5 Å². The summed E-state index contributed by atoms with van der Waals surface area (Å²) in [5, 5.41) is 9.03. The van der Waals surface area contributed by atoms with Gasteiger partial charge in [0.2, 0.25) is 0 Å². The van der Waals surface area contributed by atoms with Gasteiger partial charge < -0.3 is 5.32 Å². The van der Waals surface area contributed by atoms with Crippen LogP contribution < -0.4 is 15.9 Å². The van der Waals surface area contributed by atoms with Crippen molar-refractivity contribution in [1.29, 1.82) is 0 Å². The fourth-order valence-electron chi connectivity index (χ4n) is 11.3. The molecule has 14 rings (SSSR count). The van der Waals surface area contributed by atoms with Gasteiger partial charge in [-0.2, -0.15) is 0 Å². The highest BCUT2D eigenvalue weighted by molar-refractivity contribution is 6.04. The van der Waals surface area contributed by atoms with Crippen LogP contribution >= 0.6 is 0 Å². The molecule has 1 N–H and O–H groups in total. The number of aliphatic imine (C=N–C) groups is 1. The predicted molar refractivity (Wildman–Crippen MR) is 357 cm³/mol. The van der Waals surface area contributed by atoms with E-state index in [0.717, 1.165) is 145 Å². The minimum Gasteiger partial charge on any atom is -0.379 e. The molecule has 6 heterocycles. The third kappa shape index (κ3) is 10.9. The number of allylic oxidation sites excluding steroid dienone is 3. The van der Waals surface area contributed by atoms with Gasteiger partial charge in [0.15, 0.2) is 5.82 Å². The van der Waals surface area contributed by atoms with Crippen LogP contribution in [0.2, 0.25) is 0 Å². The minimum absolute atomic E-state index is 0.128. The Kier molecular flexibility index (Phi) is 14.4. The van der Waals surface area contributed by atoms with Crippen LogP contribution in [0.15, 0.2) is 267 Å². The Morgan fingerprint density at radius 3 is 1.98 bits per heavy atom. The molecule has 8 heteroatoms. The average Bonchev–Trinajstić information content (AvgIpc) is 2.25. The number of hydrogen-bond donors (Lipinski definition) is 1. The van der Waals surface area contributed by atoms with Gasteiger partial charge in [-0.25, -0.2) is 24.9 Å². The molecule has 2 atom stereocenters. The molecule has 0 fully saturated rings. The molecular weight excluding hydrogens is 1050 g/mol. The Hall–Kier alpha value is -11.4. The van der Waals surface area contributed by atoms with E-state index in [1.807, 2.05) is 91.2 Å². The number of dihydropyridines is 1. The quantitative estimate of drug-likeness (QED) is 0.108. The smallest absolute Gasteiger partial charge is 0.160 e. The summed E-state index contributed by atoms with van der Waals surface area (Å²) in [4.78, 5) is 35.1. The van der Waals surface area contributed by atoms with E-state index in [4.69, 9.17) is 29.9 Å². The lowest BCUT2D eigenvalue weighted by Gasteiger charge is -2.18. The summed E-state index contributed by atoms with van der Waals surface area (Å²) in [6, 6.07) is 75.0. The Morgan fingerprint density at radius 1 is 0.500 bits per heavy atom. The van der Waals surface area contributed by atoms with Crippen LogP contribution in [0.25, 0.3) is 137 Å². The summed E-state index contributed by atoms with van der Waals surface area (Å²) >= 11 is 0. The first-order valence-electron chi connectivity index (χ1n) is 28.9. The highest BCUT2D eigenvalue weighted by Crippen LogP contribution is 2.37. The zero-order valence-electron chi connectivity index (χ0n) is 47.0. The lowest BCUT2D eigenvalue weighted by Crippen LogP contribution is -2.32. The van der Waals surface area contributed by atoms with Crippen LogP contribution in [0.5, 0.6) is 0 Å². The molecule has 8 nitrogen and oxygen atoms in total. The van der Waals surface area contributed by atoms with Crippen molar-refractivity contribution >= 4 is 69.5 Å². The van der Waals surface area contributed by atoms with Gasteiger partial charge in [0.25, 0.3) is 0 Å². The van der Waals surface area contributed by atoms with Crippen molar-refractivity contribution in [2.75, 3.05) is 0 Å². The third-order valence-corrected chi connectivity index (χ3v) is 15.9. The lowest BCUT2D eigenvalue weighted by atomic mass is 9.92. The van der Waals surface area contributed by atoms with Crippen LogP contribution in [0.3, 0.4) is 0 Å². The van der Waals surface area contributed by atoms with Gasteiger partial charge in [0, 0.05) is 57.7 Å². The van der Waals surface area contributed by atoms with Gasteiger partial charge in [0.05, 0.1) is 62.5 Å². The molecule has 0 spiro atoms. The predicted octanol–water partition coefficient (Wildman–Crippen LogP) is 16.9.